The molecule has 2 amide bonds. The topological polar surface area (TPSA) is 135 Å². The van der Waals surface area contributed by atoms with Gasteiger partial charge in [0.15, 0.2) is 5.75 Å². The van der Waals surface area contributed by atoms with Crippen molar-refractivity contribution < 1.29 is 37.3 Å². The van der Waals surface area contributed by atoms with E-state index in [0.717, 1.165) is 0 Å². The van der Waals surface area contributed by atoms with Crippen LogP contribution in [0.25, 0.3) is 0 Å². The number of benzene rings is 2. The summed E-state index contributed by atoms with van der Waals surface area (Å²) in [6.45, 7) is 4.60. The third kappa shape index (κ3) is 6.83. The third-order valence-corrected chi connectivity index (χ3v) is 9.58. The van der Waals surface area contributed by atoms with Crippen molar-refractivity contribution in [1.29, 1.82) is 0 Å². The Kier molecular flexibility index (Phi) is 9.90. The largest absolute Gasteiger partial charge is 0.497 e. The minimum absolute atomic E-state index is 0.0211. The van der Waals surface area contributed by atoms with Crippen LogP contribution in [0.5, 0.6) is 11.5 Å². The molecule has 11 nitrogen and oxygen atoms in total. The van der Waals surface area contributed by atoms with Crippen molar-refractivity contribution in [3.63, 3.8) is 0 Å². The van der Waals surface area contributed by atoms with Gasteiger partial charge in [0.05, 0.1) is 42.4 Å². The van der Waals surface area contributed by atoms with Crippen molar-refractivity contribution in [2.45, 2.75) is 43.7 Å². The predicted molar refractivity (Wildman–Crippen MR) is 153 cm³/mol. The summed E-state index contributed by atoms with van der Waals surface area (Å²) < 4.78 is 45.1. The Balaban J connectivity index is 1.68. The zero-order chi connectivity index (χ0) is 29.7. The smallest absolute Gasteiger partial charge is 0.258 e. The van der Waals surface area contributed by atoms with Gasteiger partial charge in [0.25, 0.3) is 5.91 Å². The fourth-order valence-corrected chi connectivity index (χ4v) is 6.22. The number of anilines is 1. The number of para-hydroxylation sites is 1. The minimum Gasteiger partial charge on any atom is -0.497 e. The van der Waals surface area contributed by atoms with Crippen LogP contribution in [-0.4, -0.2) is 93.8 Å². The highest BCUT2D eigenvalue weighted by molar-refractivity contribution is 7.89. The lowest BCUT2D eigenvalue weighted by Gasteiger charge is -2.38. The number of ether oxygens (including phenoxy) is 3. The maximum absolute atomic E-state index is 13.7. The van der Waals surface area contributed by atoms with Crippen LogP contribution >= 0.6 is 0 Å². The summed E-state index contributed by atoms with van der Waals surface area (Å²) in [4.78, 5) is 28.5. The zero-order valence-electron chi connectivity index (χ0n) is 23.9. The highest BCUT2D eigenvalue weighted by atomic mass is 32.2. The number of aliphatic hydroxyl groups is 1. The standard InChI is InChI=1S/C29H39N3O8S/c1-19-16-32(20(2)18-33)29(35)24-6-5-7-25(30-28(34)21-12-14-39-15-13-21)27(24)40-26(19)17-31(3)41(36,37)23-10-8-22(38-4)9-11-23/h5-11,19-21,26,33H,12-18H2,1-4H3,(H,30,34)/t19-,20-,26-/m1/s1. The lowest BCUT2D eigenvalue weighted by atomic mass is 9.98. The summed E-state index contributed by atoms with van der Waals surface area (Å²) in [5.74, 6) is -0.366. The molecule has 0 bridgehead atoms. The van der Waals surface area contributed by atoms with Gasteiger partial charge in [0, 0.05) is 38.6 Å². The molecule has 2 N–H and O–H groups in total. The molecule has 1 fully saturated rings. The number of fused-ring (bicyclic) bond motifs is 1. The molecule has 0 radical (unpaired) electrons. The molecule has 2 aliphatic heterocycles. The third-order valence-electron chi connectivity index (χ3n) is 7.75. The van der Waals surface area contributed by atoms with Crippen LogP contribution in [0.1, 0.15) is 37.0 Å². The molecule has 0 unspecified atom stereocenters. The molecular weight excluding hydrogens is 550 g/mol. The molecule has 2 aromatic rings. The number of nitrogens with one attached hydrogen (secondary N) is 1. The number of hydrogen-bond donors (Lipinski definition) is 2. The van der Waals surface area contributed by atoms with Gasteiger partial charge in [-0.05, 0) is 56.2 Å². The highest BCUT2D eigenvalue weighted by Crippen LogP contribution is 2.36. The van der Waals surface area contributed by atoms with E-state index in [2.05, 4.69) is 5.32 Å². The molecule has 224 valence electrons. The predicted octanol–water partition coefficient (Wildman–Crippen LogP) is 2.60. The van der Waals surface area contributed by atoms with Crippen molar-refractivity contribution in [3.8, 4) is 11.5 Å². The van der Waals surface area contributed by atoms with E-state index in [1.807, 2.05) is 6.92 Å². The van der Waals surface area contributed by atoms with E-state index in [1.54, 1.807) is 42.2 Å². The second-order valence-corrected chi connectivity index (χ2v) is 12.7. The zero-order valence-corrected chi connectivity index (χ0v) is 24.7. The first kappa shape index (κ1) is 30.8. The fourth-order valence-electron chi connectivity index (χ4n) is 5.03. The Morgan fingerprint density at radius 3 is 2.51 bits per heavy atom. The summed E-state index contributed by atoms with van der Waals surface area (Å²) in [6, 6.07) is 10.6. The fraction of sp³-hybridized carbons (Fsp3) is 0.517. The summed E-state index contributed by atoms with van der Waals surface area (Å²) in [7, 11) is -0.892. The van der Waals surface area contributed by atoms with Gasteiger partial charge in [0.2, 0.25) is 15.9 Å². The molecule has 2 aromatic carbocycles. The van der Waals surface area contributed by atoms with Crippen LogP contribution in [0.3, 0.4) is 0 Å². The van der Waals surface area contributed by atoms with E-state index in [-0.39, 0.29) is 59.6 Å². The summed E-state index contributed by atoms with van der Waals surface area (Å²) in [5, 5.41) is 12.9. The SMILES string of the molecule is COc1ccc(S(=O)(=O)N(C)C[C@H]2Oc3c(NC(=O)C4CCOCC4)cccc3C(=O)N([C@H](C)CO)C[C@H]2C)cc1. The van der Waals surface area contributed by atoms with Crippen molar-refractivity contribution in [1.82, 2.24) is 9.21 Å². The van der Waals surface area contributed by atoms with E-state index in [0.29, 0.717) is 37.5 Å². The van der Waals surface area contributed by atoms with Crippen LogP contribution in [0.2, 0.25) is 0 Å². The molecule has 41 heavy (non-hydrogen) atoms. The monoisotopic (exact) mass is 589 g/mol. The highest BCUT2D eigenvalue weighted by Gasteiger charge is 2.36. The number of nitrogens with zero attached hydrogens (tertiary/aromatic N) is 2. The number of rotatable bonds is 9. The maximum atomic E-state index is 13.7. The van der Waals surface area contributed by atoms with E-state index >= 15 is 0 Å². The lowest BCUT2D eigenvalue weighted by Crippen LogP contribution is -2.50. The molecular formula is C29H39N3O8S. The number of methoxy groups -OCH3 is 1. The van der Waals surface area contributed by atoms with Crippen molar-refractivity contribution in [2.24, 2.45) is 11.8 Å². The van der Waals surface area contributed by atoms with E-state index < -0.39 is 22.2 Å². The van der Waals surface area contributed by atoms with Crippen molar-refractivity contribution >= 4 is 27.5 Å². The van der Waals surface area contributed by atoms with Crippen LogP contribution < -0.4 is 14.8 Å². The van der Waals surface area contributed by atoms with Gasteiger partial charge in [-0.3, -0.25) is 9.59 Å². The Morgan fingerprint density at radius 2 is 1.88 bits per heavy atom. The molecule has 2 heterocycles. The van der Waals surface area contributed by atoms with Crippen LogP contribution in [-0.2, 0) is 19.6 Å². The Bertz CT molecular complexity index is 1330. The maximum Gasteiger partial charge on any atom is 0.258 e. The number of carbonyl (C=O) groups is 2. The summed E-state index contributed by atoms with van der Waals surface area (Å²) in [5.41, 5.74) is 0.566. The quantitative estimate of drug-likeness (QED) is 0.456. The van der Waals surface area contributed by atoms with E-state index in [9.17, 15) is 23.1 Å². The molecule has 2 aliphatic rings. The number of likely N-dealkylation sites (N-methyl/N-ethyl adjacent to an activating group) is 1. The van der Waals surface area contributed by atoms with Gasteiger partial charge < -0.3 is 29.5 Å². The second kappa shape index (κ2) is 13.2. The summed E-state index contributed by atoms with van der Waals surface area (Å²) >= 11 is 0. The van der Waals surface area contributed by atoms with E-state index in [4.69, 9.17) is 14.2 Å². The van der Waals surface area contributed by atoms with Gasteiger partial charge in [-0.15, -0.1) is 0 Å². The van der Waals surface area contributed by atoms with Gasteiger partial charge in [-0.2, -0.15) is 4.31 Å². The van der Waals surface area contributed by atoms with E-state index in [1.165, 1.54) is 30.6 Å². The minimum atomic E-state index is -3.88. The summed E-state index contributed by atoms with van der Waals surface area (Å²) in [6.07, 6.45) is 0.501. The molecule has 0 aliphatic carbocycles. The number of hydrogen-bond acceptors (Lipinski definition) is 8. The van der Waals surface area contributed by atoms with Crippen LogP contribution in [0, 0.1) is 11.8 Å². The molecule has 0 spiro atoms. The van der Waals surface area contributed by atoms with Gasteiger partial charge >= 0.3 is 0 Å². The molecule has 0 aromatic heterocycles. The lowest BCUT2D eigenvalue weighted by molar-refractivity contribution is -0.122. The Labute approximate surface area is 241 Å². The van der Waals surface area contributed by atoms with Gasteiger partial charge in [0.1, 0.15) is 11.9 Å². The number of amides is 2. The van der Waals surface area contributed by atoms with Crippen LogP contribution in [0.4, 0.5) is 5.69 Å². The van der Waals surface area contributed by atoms with Gasteiger partial charge in [-0.25, -0.2) is 8.42 Å². The first-order valence-electron chi connectivity index (χ1n) is 13.8. The number of aliphatic hydroxyl groups excluding tert-OH is 1. The molecule has 3 atom stereocenters. The number of sulfonamides is 1. The first-order valence-corrected chi connectivity index (χ1v) is 15.2. The Morgan fingerprint density at radius 1 is 1.20 bits per heavy atom. The molecule has 0 saturated carbocycles. The van der Waals surface area contributed by atoms with Gasteiger partial charge in [-0.1, -0.05) is 13.0 Å². The normalized spacial score (nSPS) is 20.9. The molecule has 1 saturated heterocycles. The second-order valence-electron chi connectivity index (χ2n) is 10.6. The van der Waals surface area contributed by atoms with Crippen molar-refractivity contribution in [3.05, 3.63) is 48.0 Å². The average molecular weight is 590 g/mol. The Hall–Kier alpha value is -3.19. The van der Waals surface area contributed by atoms with Crippen molar-refractivity contribution in [2.75, 3.05) is 52.4 Å². The average Bonchev–Trinajstić information content (AvgIpc) is 2.99. The molecule has 12 heteroatoms. The first-order chi connectivity index (χ1) is 19.6. The number of carbonyl (C=O) groups excluding carboxylic acids is 2. The molecule has 4 rings (SSSR count). The van der Waals surface area contributed by atoms with Crippen LogP contribution in [0.15, 0.2) is 47.4 Å².